The minimum Gasteiger partial charge on any atom is -0.393 e. The smallest absolute Gasteiger partial charge is 0.222 e. The number of nitrogen functional groups attached to an aromatic ring is 1. The van der Waals surface area contributed by atoms with E-state index in [1.165, 1.54) is 16.9 Å². The van der Waals surface area contributed by atoms with Crippen molar-refractivity contribution in [3.63, 3.8) is 0 Å². The summed E-state index contributed by atoms with van der Waals surface area (Å²) in [6, 6.07) is 10.3. The number of hydrogen-bond acceptors (Lipinski definition) is 5. The van der Waals surface area contributed by atoms with Crippen LogP contribution in [0.3, 0.4) is 0 Å². The van der Waals surface area contributed by atoms with Crippen molar-refractivity contribution in [3.8, 4) is 0 Å². The van der Waals surface area contributed by atoms with Gasteiger partial charge in [0.2, 0.25) is 5.91 Å². The van der Waals surface area contributed by atoms with Gasteiger partial charge in [-0.3, -0.25) is 4.79 Å². The second kappa shape index (κ2) is 9.14. The minimum atomic E-state index is -0.287. The highest BCUT2D eigenvalue weighted by Crippen LogP contribution is 2.24. The lowest BCUT2D eigenvalue weighted by Gasteiger charge is -2.34. The number of hydrogen-bond donors (Lipinski definition) is 2. The Hall–Kier alpha value is -1.92. The molecule has 5 nitrogen and oxygen atoms in total. The monoisotopic (exact) mass is 373 g/mol. The molecular weight excluding hydrogens is 346 g/mol. The number of benzene rings is 1. The minimum absolute atomic E-state index is 0.175. The maximum absolute atomic E-state index is 12.4. The Kier molecular flexibility index (Phi) is 6.63. The fourth-order valence-corrected chi connectivity index (χ4v) is 4.16. The number of carbonyl (C=O) groups is 1. The van der Waals surface area contributed by atoms with Crippen LogP contribution in [-0.2, 0) is 17.6 Å². The molecular formula is C20H27N3O2S. The van der Waals surface area contributed by atoms with Crippen LogP contribution in [0.5, 0.6) is 0 Å². The van der Waals surface area contributed by atoms with Crippen LogP contribution in [0, 0.1) is 5.92 Å². The van der Waals surface area contributed by atoms with E-state index in [2.05, 4.69) is 17.1 Å². The van der Waals surface area contributed by atoms with E-state index in [4.69, 9.17) is 5.73 Å². The number of amides is 1. The summed E-state index contributed by atoms with van der Waals surface area (Å²) >= 11 is 1.41. The van der Waals surface area contributed by atoms with Crippen LogP contribution in [0.4, 0.5) is 5.13 Å². The van der Waals surface area contributed by atoms with E-state index in [0.717, 1.165) is 44.5 Å². The Morgan fingerprint density at radius 3 is 2.65 bits per heavy atom. The average molecular weight is 374 g/mol. The van der Waals surface area contributed by atoms with E-state index in [1.807, 2.05) is 28.5 Å². The van der Waals surface area contributed by atoms with Crippen molar-refractivity contribution in [1.29, 1.82) is 0 Å². The first kappa shape index (κ1) is 18.9. The molecule has 1 atom stereocenters. The summed E-state index contributed by atoms with van der Waals surface area (Å²) < 4.78 is 0. The summed E-state index contributed by atoms with van der Waals surface area (Å²) in [4.78, 5) is 18.5. The molecule has 0 saturated carbocycles. The van der Waals surface area contributed by atoms with E-state index in [1.54, 1.807) is 0 Å². The van der Waals surface area contributed by atoms with Gasteiger partial charge in [-0.05, 0) is 43.6 Å². The molecule has 1 saturated heterocycles. The Morgan fingerprint density at radius 1 is 1.27 bits per heavy atom. The molecule has 6 heteroatoms. The Balaban J connectivity index is 1.38. The Morgan fingerprint density at radius 2 is 2.00 bits per heavy atom. The van der Waals surface area contributed by atoms with Gasteiger partial charge < -0.3 is 15.7 Å². The van der Waals surface area contributed by atoms with Gasteiger partial charge in [-0.1, -0.05) is 30.3 Å². The van der Waals surface area contributed by atoms with E-state index < -0.39 is 0 Å². The molecule has 0 unspecified atom stereocenters. The fraction of sp³-hybridized carbons (Fsp3) is 0.500. The van der Waals surface area contributed by atoms with E-state index >= 15 is 0 Å². The van der Waals surface area contributed by atoms with Crippen LogP contribution >= 0.6 is 11.3 Å². The summed E-state index contributed by atoms with van der Waals surface area (Å²) in [5, 5.41) is 13.0. The maximum Gasteiger partial charge on any atom is 0.222 e. The van der Waals surface area contributed by atoms with Gasteiger partial charge in [-0.2, -0.15) is 0 Å². The van der Waals surface area contributed by atoms with Gasteiger partial charge in [0.25, 0.3) is 0 Å². The molecule has 0 aliphatic carbocycles. The largest absolute Gasteiger partial charge is 0.393 e. The predicted octanol–water partition coefficient (Wildman–Crippen LogP) is 2.89. The third kappa shape index (κ3) is 5.29. The van der Waals surface area contributed by atoms with Crippen molar-refractivity contribution in [2.75, 3.05) is 18.8 Å². The molecule has 140 valence electrons. The standard InChI is InChI=1S/C20H27N3O2S/c21-20-22-17(14-26-20)7-9-19(25)23-12-10-16(11-13-23)18(24)8-6-15-4-2-1-3-5-15/h1-5,14,16,18,24H,6-13H2,(H2,21,22)/t18-/m0/s1. The molecule has 3 N–H and O–H groups in total. The molecule has 1 aromatic heterocycles. The van der Waals surface area contributed by atoms with Crippen molar-refractivity contribution < 1.29 is 9.90 Å². The molecule has 2 heterocycles. The molecule has 1 aliphatic heterocycles. The van der Waals surface area contributed by atoms with Crippen LogP contribution < -0.4 is 5.73 Å². The lowest BCUT2D eigenvalue weighted by atomic mass is 9.88. The van der Waals surface area contributed by atoms with Gasteiger partial charge in [0.05, 0.1) is 11.8 Å². The highest BCUT2D eigenvalue weighted by molar-refractivity contribution is 7.13. The van der Waals surface area contributed by atoms with Gasteiger partial charge in [-0.25, -0.2) is 4.98 Å². The third-order valence-electron chi connectivity index (χ3n) is 5.17. The number of aryl methyl sites for hydroxylation is 2. The number of carbonyl (C=O) groups excluding carboxylic acids is 1. The normalized spacial score (nSPS) is 16.6. The third-order valence-corrected chi connectivity index (χ3v) is 5.90. The number of nitrogens with two attached hydrogens (primary N) is 1. The van der Waals surface area contributed by atoms with Crippen molar-refractivity contribution in [1.82, 2.24) is 9.88 Å². The maximum atomic E-state index is 12.4. The summed E-state index contributed by atoms with van der Waals surface area (Å²) in [6.45, 7) is 1.48. The highest BCUT2D eigenvalue weighted by Gasteiger charge is 2.27. The van der Waals surface area contributed by atoms with E-state index in [0.29, 0.717) is 23.9 Å². The van der Waals surface area contributed by atoms with Crippen LogP contribution in [0.25, 0.3) is 0 Å². The van der Waals surface area contributed by atoms with Crippen molar-refractivity contribution in [2.45, 2.75) is 44.6 Å². The van der Waals surface area contributed by atoms with E-state index in [-0.39, 0.29) is 12.0 Å². The number of nitrogens with zero attached hydrogens (tertiary/aromatic N) is 2. The lowest BCUT2D eigenvalue weighted by Crippen LogP contribution is -2.41. The zero-order valence-corrected chi connectivity index (χ0v) is 15.8. The first-order chi connectivity index (χ1) is 12.6. The average Bonchev–Trinajstić information content (AvgIpc) is 3.10. The number of piperidine rings is 1. The molecule has 0 bridgehead atoms. The molecule has 1 aromatic carbocycles. The predicted molar refractivity (Wildman–Crippen MR) is 105 cm³/mol. The summed E-state index contributed by atoms with van der Waals surface area (Å²) in [5.41, 5.74) is 7.78. The number of likely N-dealkylation sites (tertiary alicyclic amines) is 1. The number of aliphatic hydroxyl groups excluding tert-OH is 1. The second-order valence-corrected chi connectivity index (χ2v) is 7.88. The second-order valence-electron chi connectivity index (χ2n) is 6.99. The number of rotatable bonds is 7. The van der Waals surface area contributed by atoms with Crippen molar-refractivity contribution in [3.05, 3.63) is 47.0 Å². The molecule has 0 radical (unpaired) electrons. The van der Waals surface area contributed by atoms with Gasteiger partial charge in [0.1, 0.15) is 0 Å². The topological polar surface area (TPSA) is 79.5 Å². The van der Waals surface area contributed by atoms with Gasteiger partial charge >= 0.3 is 0 Å². The summed E-state index contributed by atoms with van der Waals surface area (Å²) in [6.07, 6.45) is 4.28. The molecule has 2 aromatic rings. The number of anilines is 1. The van der Waals surface area contributed by atoms with Crippen LogP contribution in [0.1, 0.15) is 36.9 Å². The number of thiazole rings is 1. The van der Waals surface area contributed by atoms with Crippen molar-refractivity contribution in [2.24, 2.45) is 5.92 Å². The van der Waals surface area contributed by atoms with Crippen molar-refractivity contribution >= 4 is 22.4 Å². The van der Waals surface area contributed by atoms with Gasteiger partial charge in [0, 0.05) is 24.9 Å². The molecule has 1 fully saturated rings. The molecule has 1 amide bonds. The lowest BCUT2D eigenvalue weighted by molar-refractivity contribution is -0.133. The SMILES string of the molecule is Nc1nc(CCC(=O)N2CCC([C@@H](O)CCc3ccccc3)CC2)cs1. The van der Waals surface area contributed by atoms with Crippen LogP contribution in [0.15, 0.2) is 35.7 Å². The fourth-order valence-electron chi connectivity index (χ4n) is 3.56. The zero-order chi connectivity index (χ0) is 18.4. The number of aromatic nitrogens is 1. The Bertz CT molecular complexity index is 696. The van der Waals surface area contributed by atoms with Crippen LogP contribution in [-0.4, -0.2) is 40.1 Å². The number of aliphatic hydroxyl groups is 1. The quantitative estimate of drug-likeness (QED) is 0.782. The van der Waals surface area contributed by atoms with Crippen LogP contribution in [0.2, 0.25) is 0 Å². The summed E-state index contributed by atoms with van der Waals surface area (Å²) in [5.74, 6) is 0.467. The highest BCUT2D eigenvalue weighted by atomic mass is 32.1. The molecule has 1 aliphatic rings. The van der Waals surface area contributed by atoms with E-state index in [9.17, 15) is 9.90 Å². The van der Waals surface area contributed by atoms with Gasteiger partial charge in [-0.15, -0.1) is 11.3 Å². The zero-order valence-electron chi connectivity index (χ0n) is 15.0. The Labute approximate surface area is 158 Å². The first-order valence-electron chi connectivity index (χ1n) is 9.31. The van der Waals surface area contributed by atoms with Gasteiger partial charge in [0.15, 0.2) is 5.13 Å². The molecule has 3 rings (SSSR count). The molecule has 26 heavy (non-hydrogen) atoms. The summed E-state index contributed by atoms with van der Waals surface area (Å²) in [7, 11) is 0. The molecule has 0 spiro atoms. The first-order valence-corrected chi connectivity index (χ1v) is 10.2.